The van der Waals surface area contributed by atoms with Gasteiger partial charge < -0.3 is 5.32 Å². The summed E-state index contributed by atoms with van der Waals surface area (Å²) in [5, 5.41) is 3.15. The molecule has 1 unspecified atom stereocenters. The van der Waals surface area contributed by atoms with Gasteiger partial charge in [0, 0.05) is 11.6 Å². The fourth-order valence-corrected chi connectivity index (χ4v) is 3.73. The maximum Gasteiger partial charge on any atom is 0.130 e. The van der Waals surface area contributed by atoms with Crippen molar-refractivity contribution in [2.75, 3.05) is 7.05 Å². The van der Waals surface area contributed by atoms with Crippen molar-refractivity contribution in [1.82, 2.24) is 5.32 Å². The lowest BCUT2D eigenvalue weighted by atomic mass is 9.75. The molecule has 21 heavy (non-hydrogen) atoms. The quantitative estimate of drug-likeness (QED) is 0.758. The Morgan fingerprint density at radius 3 is 2.29 bits per heavy atom. The van der Waals surface area contributed by atoms with Gasteiger partial charge in [0.15, 0.2) is 0 Å². The van der Waals surface area contributed by atoms with Crippen molar-refractivity contribution in [3.63, 3.8) is 0 Å². The lowest BCUT2D eigenvalue weighted by Gasteiger charge is -2.34. The Bertz CT molecular complexity index is 419. The van der Waals surface area contributed by atoms with Crippen LogP contribution in [0.4, 0.5) is 8.78 Å². The van der Waals surface area contributed by atoms with Gasteiger partial charge in [-0.1, -0.05) is 45.1 Å². The maximum absolute atomic E-state index is 14.0. The molecular formula is C18H27F2N. The molecule has 3 heteroatoms. The summed E-state index contributed by atoms with van der Waals surface area (Å²) in [6, 6.07) is 3.94. The molecule has 1 fully saturated rings. The van der Waals surface area contributed by atoms with Gasteiger partial charge in [0.05, 0.1) is 0 Å². The molecule has 0 spiro atoms. The van der Waals surface area contributed by atoms with Gasteiger partial charge in [-0.2, -0.15) is 0 Å². The summed E-state index contributed by atoms with van der Waals surface area (Å²) < 4.78 is 28.0. The molecule has 1 atom stereocenters. The molecule has 1 N–H and O–H groups in total. The number of hydrogen-bond donors (Lipinski definition) is 1. The van der Waals surface area contributed by atoms with Crippen LogP contribution in [0.1, 0.15) is 63.5 Å². The Morgan fingerprint density at radius 1 is 1.14 bits per heavy atom. The normalized spacial score (nSPS) is 24.0. The van der Waals surface area contributed by atoms with E-state index in [-0.39, 0.29) is 11.6 Å². The van der Waals surface area contributed by atoms with Gasteiger partial charge in [0.1, 0.15) is 11.6 Å². The number of rotatable bonds is 6. The SMILES string of the molecule is CCCCC1CCC(C(NC)c2c(F)cccc2F)CC1. The van der Waals surface area contributed by atoms with E-state index in [1.54, 1.807) is 7.05 Å². The van der Waals surface area contributed by atoms with Crippen LogP contribution in [0.5, 0.6) is 0 Å². The monoisotopic (exact) mass is 295 g/mol. The highest BCUT2D eigenvalue weighted by Crippen LogP contribution is 2.39. The Hall–Kier alpha value is -0.960. The van der Waals surface area contributed by atoms with Crippen LogP contribution in [0, 0.1) is 23.5 Å². The molecule has 2 rings (SSSR count). The number of halogens is 2. The second-order valence-electron chi connectivity index (χ2n) is 6.32. The maximum atomic E-state index is 14.0. The second-order valence-corrected chi connectivity index (χ2v) is 6.32. The van der Waals surface area contributed by atoms with E-state index < -0.39 is 11.6 Å². The first-order valence-electron chi connectivity index (χ1n) is 8.28. The van der Waals surface area contributed by atoms with Gasteiger partial charge in [0.25, 0.3) is 0 Å². The average Bonchev–Trinajstić information content (AvgIpc) is 2.50. The van der Waals surface area contributed by atoms with Crippen molar-refractivity contribution in [3.05, 3.63) is 35.4 Å². The van der Waals surface area contributed by atoms with Crippen molar-refractivity contribution in [1.29, 1.82) is 0 Å². The summed E-state index contributed by atoms with van der Waals surface area (Å²) in [4.78, 5) is 0. The van der Waals surface area contributed by atoms with Gasteiger partial charge in [-0.25, -0.2) is 8.78 Å². The third-order valence-corrected chi connectivity index (χ3v) is 4.95. The number of benzene rings is 1. The summed E-state index contributed by atoms with van der Waals surface area (Å²) in [5.41, 5.74) is 0.219. The van der Waals surface area contributed by atoms with E-state index in [1.807, 2.05) is 0 Å². The van der Waals surface area contributed by atoms with Crippen LogP contribution in [0.2, 0.25) is 0 Å². The third-order valence-electron chi connectivity index (χ3n) is 4.95. The first kappa shape index (κ1) is 16.4. The van der Waals surface area contributed by atoms with Crippen molar-refractivity contribution in [2.45, 2.75) is 57.9 Å². The molecule has 118 valence electrons. The Morgan fingerprint density at radius 2 is 1.76 bits per heavy atom. The Balaban J connectivity index is 2.03. The van der Waals surface area contributed by atoms with Crippen LogP contribution >= 0.6 is 0 Å². The van der Waals surface area contributed by atoms with E-state index in [0.29, 0.717) is 5.92 Å². The summed E-state index contributed by atoms with van der Waals surface area (Å²) in [6.45, 7) is 2.23. The molecule has 0 saturated heterocycles. The summed E-state index contributed by atoms with van der Waals surface area (Å²) in [7, 11) is 1.81. The van der Waals surface area contributed by atoms with Crippen LogP contribution in [0.15, 0.2) is 18.2 Å². The van der Waals surface area contributed by atoms with Crippen LogP contribution in [-0.4, -0.2) is 7.05 Å². The van der Waals surface area contributed by atoms with Crippen molar-refractivity contribution < 1.29 is 8.78 Å². The Labute approximate surface area is 127 Å². The predicted molar refractivity (Wildman–Crippen MR) is 83.1 cm³/mol. The van der Waals surface area contributed by atoms with Gasteiger partial charge in [-0.15, -0.1) is 0 Å². The molecule has 0 heterocycles. The van der Waals surface area contributed by atoms with Gasteiger partial charge in [0.2, 0.25) is 0 Å². The molecular weight excluding hydrogens is 268 g/mol. The molecule has 1 aromatic carbocycles. The van der Waals surface area contributed by atoms with Crippen molar-refractivity contribution >= 4 is 0 Å². The van der Waals surface area contributed by atoms with Gasteiger partial charge in [-0.05, 0) is 43.9 Å². The lowest BCUT2D eigenvalue weighted by molar-refractivity contribution is 0.213. The van der Waals surface area contributed by atoms with E-state index in [1.165, 1.54) is 50.3 Å². The number of nitrogens with one attached hydrogen (secondary N) is 1. The molecule has 1 aromatic rings. The van der Waals surface area contributed by atoms with E-state index in [0.717, 1.165) is 18.8 Å². The standard InChI is InChI=1S/C18H27F2N/c1-3-4-6-13-9-11-14(12-10-13)18(21-2)17-15(19)7-5-8-16(17)20/h5,7-8,13-14,18,21H,3-4,6,9-12H2,1-2H3. The molecule has 1 aliphatic carbocycles. The Kier molecular flexibility index (Phi) is 6.16. The first-order chi connectivity index (χ1) is 10.2. The molecule has 0 aliphatic heterocycles. The molecule has 0 radical (unpaired) electrons. The minimum atomic E-state index is -0.428. The molecule has 1 aliphatic rings. The van der Waals surface area contributed by atoms with Crippen LogP contribution in [-0.2, 0) is 0 Å². The molecule has 1 nitrogen and oxygen atoms in total. The topological polar surface area (TPSA) is 12.0 Å². The average molecular weight is 295 g/mol. The van der Waals surface area contributed by atoms with Crippen molar-refractivity contribution in [2.24, 2.45) is 11.8 Å². The highest BCUT2D eigenvalue weighted by atomic mass is 19.1. The molecule has 0 aromatic heterocycles. The van der Waals surface area contributed by atoms with E-state index in [9.17, 15) is 8.78 Å². The first-order valence-corrected chi connectivity index (χ1v) is 8.28. The fraction of sp³-hybridized carbons (Fsp3) is 0.667. The van der Waals surface area contributed by atoms with Crippen molar-refractivity contribution in [3.8, 4) is 0 Å². The highest BCUT2D eigenvalue weighted by molar-refractivity contribution is 5.24. The predicted octanol–water partition coefficient (Wildman–Crippen LogP) is 5.22. The fourth-order valence-electron chi connectivity index (χ4n) is 3.73. The van der Waals surface area contributed by atoms with E-state index in [2.05, 4.69) is 12.2 Å². The number of hydrogen-bond acceptors (Lipinski definition) is 1. The second kappa shape index (κ2) is 7.88. The minimum absolute atomic E-state index is 0.210. The zero-order valence-corrected chi connectivity index (χ0v) is 13.2. The molecule has 0 bridgehead atoms. The zero-order chi connectivity index (χ0) is 15.2. The smallest absolute Gasteiger partial charge is 0.130 e. The van der Waals surface area contributed by atoms with Crippen LogP contribution in [0.25, 0.3) is 0 Å². The minimum Gasteiger partial charge on any atom is -0.313 e. The van der Waals surface area contributed by atoms with Crippen LogP contribution < -0.4 is 5.32 Å². The summed E-state index contributed by atoms with van der Waals surface area (Å²) in [5.74, 6) is 0.286. The highest BCUT2D eigenvalue weighted by Gasteiger charge is 2.30. The summed E-state index contributed by atoms with van der Waals surface area (Å²) >= 11 is 0. The van der Waals surface area contributed by atoms with Gasteiger partial charge >= 0.3 is 0 Å². The van der Waals surface area contributed by atoms with Crippen LogP contribution in [0.3, 0.4) is 0 Å². The zero-order valence-electron chi connectivity index (χ0n) is 13.2. The third kappa shape index (κ3) is 4.03. The van der Waals surface area contributed by atoms with E-state index >= 15 is 0 Å². The lowest BCUT2D eigenvalue weighted by Crippen LogP contribution is -2.30. The van der Waals surface area contributed by atoms with E-state index in [4.69, 9.17) is 0 Å². The number of unbranched alkanes of at least 4 members (excludes halogenated alkanes) is 1. The van der Waals surface area contributed by atoms with Gasteiger partial charge in [-0.3, -0.25) is 0 Å². The largest absolute Gasteiger partial charge is 0.313 e. The molecule has 0 amide bonds. The molecule has 1 saturated carbocycles. The summed E-state index contributed by atoms with van der Waals surface area (Å²) in [6.07, 6.45) is 8.37.